The topological polar surface area (TPSA) is 90.7 Å². The molecule has 0 aromatic heterocycles. The molecule has 1 aromatic rings. The van der Waals surface area contributed by atoms with Crippen LogP contribution in [0.15, 0.2) is 18.2 Å². The first-order valence-corrected chi connectivity index (χ1v) is 7.08. The molecule has 1 aliphatic rings. The van der Waals surface area contributed by atoms with Gasteiger partial charge in [0, 0.05) is 17.8 Å². The van der Waals surface area contributed by atoms with Gasteiger partial charge in [0.15, 0.2) is 0 Å². The summed E-state index contributed by atoms with van der Waals surface area (Å²) in [5, 5.41) is 2.83. The summed E-state index contributed by atoms with van der Waals surface area (Å²) in [6.45, 7) is 2.38. The Hall–Kier alpha value is -2.24. The molecule has 1 amide bonds. The lowest BCUT2D eigenvalue weighted by Gasteiger charge is -2.08. The first-order chi connectivity index (χ1) is 10.1. The van der Waals surface area contributed by atoms with Crippen molar-refractivity contribution in [2.45, 2.75) is 32.2 Å². The van der Waals surface area contributed by atoms with Crippen molar-refractivity contribution in [2.75, 3.05) is 18.9 Å². The maximum atomic E-state index is 11.9. The van der Waals surface area contributed by atoms with Crippen LogP contribution in [-0.2, 0) is 9.53 Å². The number of nitrogen functional groups attached to an aromatic ring is 1. The Morgan fingerprint density at radius 3 is 2.76 bits per heavy atom. The number of carbonyl (C=O) groups excluding carboxylic acids is 2. The molecule has 1 aromatic carbocycles. The number of rotatable bonds is 7. The maximum absolute atomic E-state index is 11.9. The van der Waals surface area contributed by atoms with E-state index in [1.54, 1.807) is 12.1 Å². The van der Waals surface area contributed by atoms with E-state index in [1.165, 1.54) is 6.07 Å². The Morgan fingerprint density at radius 2 is 2.10 bits per heavy atom. The van der Waals surface area contributed by atoms with Gasteiger partial charge in [0.2, 0.25) is 5.91 Å². The minimum absolute atomic E-state index is 0.0517. The number of nitrogens with two attached hydrogens (primary N) is 1. The number of benzene rings is 1. The molecular formula is C15H20N2O4. The number of anilines is 1. The third-order valence-electron chi connectivity index (χ3n) is 2.98. The zero-order valence-electron chi connectivity index (χ0n) is 12.1. The van der Waals surface area contributed by atoms with Gasteiger partial charge in [0.1, 0.15) is 12.4 Å². The highest BCUT2D eigenvalue weighted by Gasteiger charge is 2.23. The highest BCUT2D eigenvalue weighted by Crippen LogP contribution is 2.20. The van der Waals surface area contributed by atoms with Crippen LogP contribution < -0.4 is 15.8 Å². The predicted molar refractivity (Wildman–Crippen MR) is 78.1 cm³/mol. The molecule has 0 heterocycles. The lowest BCUT2D eigenvalue weighted by molar-refractivity contribution is -0.121. The summed E-state index contributed by atoms with van der Waals surface area (Å²) in [6, 6.07) is 5.06. The molecule has 0 radical (unpaired) electrons. The van der Waals surface area contributed by atoms with E-state index in [4.69, 9.17) is 15.2 Å². The Bertz CT molecular complexity index is 526. The van der Waals surface area contributed by atoms with E-state index in [2.05, 4.69) is 5.32 Å². The first-order valence-electron chi connectivity index (χ1n) is 7.08. The van der Waals surface area contributed by atoms with Crippen molar-refractivity contribution in [3.63, 3.8) is 0 Å². The van der Waals surface area contributed by atoms with Gasteiger partial charge in [-0.3, -0.25) is 4.79 Å². The summed E-state index contributed by atoms with van der Waals surface area (Å²) in [4.78, 5) is 23.4. The van der Waals surface area contributed by atoms with Crippen molar-refractivity contribution < 1.29 is 19.1 Å². The van der Waals surface area contributed by atoms with Crippen LogP contribution in [0.5, 0.6) is 5.75 Å². The van der Waals surface area contributed by atoms with Gasteiger partial charge in [-0.15, -0.1) is 0 Å². The highest BCUT2D eigenvalue weighted by atomic mass is 16.5. The van der Waals surface area contributed by atoms with E-state index >= 15 is 0 Å². The van der Waals surface area contributed by atoms with Crippen LogP contribution in [-0.4, -0.2) is 31.1 Å². The number of hydrogen-bond donors (Lipinski definition) is 2. The molecular weight excluding hydrogens is 272 g/mol. The molecule has 114 valence electrons. The van der Waals surface area contributed by atoms with Crippen molar-refractivity contribution in [1.29, 1.82) is 0 Å². The molecule has 0 saturated heterocycles. The molecule has 3 N–H and O–H groups in total. The van der Waals surface area contributed by atoms with Crippen LogP contribution in [0.4, 0.5) is 5.69 Å². The number of ether oxygens (including phenoxy) is 2. The van der Waals surface area contributed by atoms with Crippen LogP contribution >= 0.6 is 0 Å². The Balaban J connectivity index is 1.82. The molecule has 1 fully saturated rings. The Kier molecular flexibility index (Phi) is 5.03. The van der Waals surface area contributed by atoms with E-state index in [9.17, 15) is 9.59 Å². The smallest absolute Gasteiger partial charge is 0.338 e. The summed E-state index contributed by atoms with van der Waals surface area (Å²) in [6.07, 6.45) is 2.24. The number of esters is 1. The quantitative estimate of drug-likeness (QED) is 0.587. The monoisotopic (exact) mass is 292 g/mol. The Labute approximate surface area is 123 Å². The summed E-state index contributed by atoms with van der Waals surface area (Å²) in [5.41, 5.74) is 6.46. The number of nitrogens with one attached hydrogen (secondary N) is 1. The van der Waals surface area contributed by atoms with E-state index in [-0.39, 0.29) is 18.9 Å². The zero-order valence-corrected chi connectivity index (χ0v) is 12.1. The van der Waals surface area contributed by atoms with Crippen molar-refractivity contribution in [2.24, 2.45) is 0 Å². The minimum atomic E-state index is -0.512. The third-order valence-corrected chi connectivity index (χ3v) is 2.98. The average molecular weight is 292 g/mol. The van der Waals surface area contributed by atoms with Gasteiger partial charge in [0.05, 0.1) is 18.6 Å². The molecule has 1 saturated carbocycles. The second-order valence-corrected chi connectivity index (χ2v) is 4.95. The molecule has 0 bridgehead atoms. The minimum Gasteiger partial charge on any atom is -0.494 e. The van der Waals surface area contributed by atoms with Gasteiger partial charge in [-0.2, -0.15) is 0 Å². The van der Waals surface area contributed by atoms with Crippen molar-refractivity contribution in [1.82, 2.24) is 5.32 Å². The summed E-state index contributed by atoms with van der Waals surface area (Å²) in [5.74, 6) is -0.0775. The van der Waals surface area contributed by atoms with Crippen LogP contribution in [0.1, 0.15) is 36.5 Å². The molecule has 1 aliphatic carbocycles. The summed E-state index contributed by atoms with van der Waals surface area (Å²) < 4.78 is 10.4. The van der Waals surface area contributed by atoms with Gasteiger partial charge in [-0.25, -0.2) is 4.79 Å². The van der Waals surface area contributed by atoms with E-state index in [0.29, 0.717) is 29.6 Å². The SMILES string of the molecule is CCOc1cc(N)cc(C(=O)OCCC(=O)NC2CC2)c1. The summed E-state index contributed by atoms with van der Waals surface area (Å²) >= 11 is 0. The van der Waals surface area contributed by atoms with Gasteiger partial charge >= 0.3 is 5.97 Å². The van der Waals surface area contributed by atoms with Gasteiger partial charge in [-0.05, 0) is 31.9 Å². The lowest BCUT2D eigenvalue weighted by atomic mass is 10.2. The fraction of sp³-hybridized carbons (Fsp3) is 0.467. The number of hydrogen-bond acceptors (Lipinski definition) is 5. The fourth-order valence-corrected chi connectivity index (χ4v) is 1.84. The van der Waals surface area contributed by atoms with Crippen LogP contribution in [0, 0.1) is 0 Å². The molecule has 21 heavy (non-hydrogen) atoms. The lowest BCUT2D eigenvalue weighted by Crippen LogP contribution is -2.26. The molecule has 0 unspecified atom stereocenters. The van der Waals surface area contributed by atoms with Crippen molar-refractivity contribution in [3.05, 3.63) is 23.8 Å². The van der Waals surface area contributed by atoms with Crippen LogP contribution in [0.25, 0.3) is 0 Å². The molecule has 6 heteroatoms. The second-order valence-electron chi connectivity index (χ2n) is 4.95. The largest absolute Gasteiger partial charge is 0.494 e. The average Bonchev–Trinajstić information content (AvgIpc) is 3.22. The highest BCUT2D eigenvalue weighted by molar-refractivity contribution is 5.91. The van der Waals surface area contributed by atoms with Gasteiger partial charge in [-0.1, -0.05) is 0 Å². The third kappa shape index (κ3) is 4.98. The number of amides is 1. The predicted octanol–water partition coefficient (Wildman–Crippen LogP) is 1.49. The van der Waals surface area contributed by atoms with Crippen LogP contribution in [0.3, 0.4) is 0 Å². The van der Waals surface area contributed by atoms with E-state index < -0.39 is 5.97 Å². The van der Waals surface area contributed by atoms with Gasteiger partial charge < -0.3 is 20.5 Å². The maximum Gasteiger partial charge on any atom is 0.338 e. The zero-order chi connectivity index (χ0) is 15.2. The molecule has 0 atom stereocenters. The van der Waals surface area contributed by atoms with Crippen LogP contribution in [0.2, 0.25) is 0 Å². The van der Waals surface area contributed by atoms with Gasteiger partial charge in [0.25, 0.3) is 0 Å². The van der Waals surface area contributed by atoms with E-state index in [1.807, 2.05) is 6.92 Å². The van der Waals surface area contributed by atoms with Crippen molar-refractivity contribution in [3.8, 4) is 5.75 Å². The first kappa shape index (κ1) is 15.2. The van der Waals surface area contributed by atoms with E-state index in [0.717, 1.165) is 12.8 Å². The van der Waals surface area contributed by atoms with Crippen molar-refractivity contribution >= 4 is 17.6 Å². The molecule has 6 nitrogen and oxygen atoms in total. The fourth-order valence-electron chi connectivity index (χ4n) is 1.84. The molecule has 2 rings (SSSR count). The molecule has 0 spiro atoms. The Morgan fingerprint density at radius 1 is 1.33 bits per heavy atom. The standard InChI is InChI=1S/C15H20N2O4/c1-2-20-13-8-10(7-11(16)9-13)15(19)21-6-5-14(18)17-12-3-4-12/h7-9,12H,2-6,16H2,1H3,(H,17,18). The normalized spacial score (nSPS) is 13.6. The number of carbonyl (C=O) groups is 2. The summed E-state index contributed by atoms with van der Waals surface area (Å²) in [7, 11) is 0. The second kappa shape index (κ2) is 6.97. The molecule has 0 aliphatic heterocycles.